The van der Waals surface area contributed by atoms with Gasteiger partial charge in [-0.25, -0.2) is 9.59 Å². The highest BCUT2D eigenvalue weighted by Crippen LogP contribution is 2.44. The summed E-state index contributed by atoms with van der Waals surface area (Å²) >= 11 is 12.5. The minimum absolute atomic E-state index is 0.210. The maximum absolute atomic E-state index is 11.4. The number of halogens is 3. The second kappa shape index (κ2) is 12.0. The molecular weight excluding hydrogens is 656 g/mol. The van der Waals surface area contributed by atoms with Crippen molar-refractivity contribution in [1.82, 2.24) is 0 Å². The molecule has 0 aromatic carbocycles. The van der Waals surface area contributed by atoms with Gasteiger partial charge in [-0.3, -0.25) is 0 Å². The molecule has 2 aromatic heterocycles. The zero-order chi connectivity index (χ0) is 24.8. The first-order valence-corrected chi connectivity index (χ1v) is 13.9. The molecule has 2 aliphatic rings. The molecule has 33 heavy (non-hydrogen) atoms. The standard InChI is InChI=1S/C12H11BrO2S.C6H4Br2O2S.C6H8/c1-12(5-6-12)4-3-8-7-9(13)10(16-8)11(14)15-2;1-10-6(9)5-3(7)2-4(8)11-5;1-3-6(2)4-5-6/h7H,5-6H2,1-2H3;2H,1H3;1H,4-5H2,2H3. The number of hydrogen-bond acceptors (Lipinski definition) is 6. The predicted octanol–water partition coefficient (Wildman–Crippen LogP) is 7.93. The highest BCUT2D eigenvalue weighted by Gasteiger charge is 2.35. The zero-order valence-electron chi connectivity index (χ0n) is 18.6. The number of esters is 2. The van der Waals surface area contributed by atoms with Crippen molar-refractivity contribution >= 4 is 82.4 Å². The molecule has 2 heterocycles. The van der Waals surface area contributed by atoms with E-state index in [1.165, 1.54) is 62.6 Å². The molecule has 176 valence electrons. The maximum Gasteiger partial charge on any atom is 0.349 e. The average Bonchev–Trinajstić information content (AvgIpc) is 3.65. The molecule has 0 spiro atoms. The van der Waals surface area contributed by atoms with Crippen molar-refractivity contribution in [2.75, 3.05) is 14.2 Å². The number of hydrogen-bond donors (Lipinski definition) is 0. The average molecular weight is 679 g/mol. The molecule has 0 saturated heterocycles. The molecule has 0 unspecified atom stereocenters. The van der Waals surface area contributed by atoms with E-state index < -0.39 is 0 Å². The van der Waals surface area contributed by atoms with Gasteiger partial charge in [0, 0.05) is 19.8 Å². The van der Waals surface area contributed by atoms with Crippen molar-refractivity contribution in [3.05, 3.63) is 39.5 Å². The SMILES string of the molecule is C#CC1(C)CC1.COC(=O)c1sc(Br)cc1Br.COC(=O)c1sc(C#CC2(C)CC2)cc1Br. The van der Waals surface area contributed by atoms with Crippen molar-refractivity contribution in [1.29, 1.82) is 0 Å². The normalized spacial score (nSPS) is 15.7. The molecule has 0 aliphatic heterocycles. The number of carbonyl (C=O) groups is 2. The first-order chi connectivity index (χ1) is 15.5. The van der Waals surface area contributed by atoms with Crippen molar-refractivity contribution < 1.29 is 19.1 Å². The smallest absolute Gasteiger partial charge is 0.349 e. The molecule has 2 aliphatic carbocycles. The molecule has 0 bridgehead atoms. The molecule has 4 rings (SSSR count). The molecule has 4 nitrogen and oxygen atoms in total. The van der Waals surface area contributed by atoms with E-state index in [2.05, 4.69) is 88.9 Å². The molecule has 0 radical (unpaired) electrons. The molecule has 9 heteroatoms. The highest BCUT2D eigenvalue weighted by atomic mass is 79.9. The number of methoxy groups -OCH3 is 2. The van der Waals surface area contributed by atoms with Crippen molar-refractivity contribution in [3.63, 3.8) is 0 Å². The lowest BCUT2D eigenvalue weighted by Gasteiger charge is -1.93. The number of thiophene rings is 2. The summed E-state index contributed by atoms with van der Waals surface area (Å²) in [6, 6.07) is 3.69. The Labute approximate surface area is 228 Å². The van der Waals surface area contributed by atoms with Crippen molar-refractivity contribution in [2.45, 2.75) is 39.5 Å². The maximum atomic E-state index is 11.4. The van der Waals surface area contributed by atoms with Gasteiger partial charge in [-0.05, 0) is 99.5 Å². The van der Waals surface area contributed by atoms with Gasteiger partial charge in [-0.15, -0.1) is 35.0 Å². The van der Waals surface area contributed by atoms with Crippen LogP contribution in [0.2, 0.25) is 0 Å². The molecular formula is C24H23Br3O4S2. The van der Waals surface area contributed by atoms with E-state index in [4.69, 9.17) is 6.42 Å². The molecule has 0 N–H and O–H groups in total. The molecule has 2 saturated carbocycles. The van der Waals surface area contributed by atoms with E-state index in [-0.39, 0.29) is 17.4 Å². The van der Waals surface area contributed by atoms with Crippen LogP contribution in [0.5, 0.6) is 0 Å². The van der Waals surface area contributed by atoms with Crippen LogP contribution in [0, 0.1) is 35.0 Å². The highest BCUT2D eigenvalue weighted by molar-refractivity contribution is 9.11. The predicted molar refractivity (Wildman–Crippen MR) is 145 cm³/mol. The second-order valence-electron chi connectivity index (χ2n) is 8.01. The van der Waals surface area contributed by atoms with Crippen LogP contribution in [0.25, 0.3) is 0 Å². The third-order valence-electron chi connectivity index (χ3n) is 4.92. The zero-order valence-corrected chi connectivity index (χ0v) is 25.0. The number of ether oxygens (including phenoxy) is 2. The largest absolute Gasteiger partial charge is 0.465 e. The van der Waals surface area contributed by atoms with Gasteiger partial charge in [-0.2, -0.15) is 0 Å². The monoisotopic (exact) mass is 676 g/mol. The van der Waals surface area contributed by atoms with Crippen molar-refractivity contribution in [3.8, 4) is 24.2 Å². The summed E-state index contributed by atoms with van der Waals surface area (Å²) in [6.45, 7) is 4.27. The van der Waals surface area contributed by atoms with E-state index in [1.807, 2.05) is 12.1 Å². The molecule has 2 fully saturated rings. The summed E-state index contributed by atoms with van der Waals surface area (Å²) in [4.78, 5) is 24.4. The summed E-state index contributed by atoms with van der Waals surface area (Å²) in [7, 11) is 2.74. The second-order valence-corrected chi connectivity index (χ2v) is 13.2. The van der Waals surface area contributed by atoms with Gasteiger partial charge < -0.3 is 9.47 Å². The fraction of sp³-hybridized carbons (Fsp3) is 0.417. The van der Waals surface area contributed by atoms with Crippen LogP contribution in [0.1, 0.15) is 63.8 Å². The van der Waals surface area contributed by atoms with Crippen molar-refractivity contribution in [2.24, 2.45) is 10.8 Å². The van der Waals surface area contributed by atoms with Gasteiger partial charge in [0.25, 0.3) is 0 Å². The Morgan fingerprint density at radius 2 is 1.39 bits per heavy atom. The fourth-order valence-electron chi connectivity index (χ4n) is 2.09. The lowest BCUT2D eigenvalue weighted by molar-refractivity contribution is 0.0596. The lowest BCUT2D eigenvalue weighted by Crippen LogP contribution is -1.97. The first kappa shape index (κ1) is 28.1. The van der Waals surface area contributed by atoms with Gasteiger partial charge in [0.15, 0.2) is 0 Å². The summed E-state index contributed by atoms with van der Waals surface area (Å²) < 4.78 is 11.7. The van der Waals surface area contributed by atoms with Crippen LogP contribution < -0.4 is 0 Å². The van der Waals surface area contributed by atoms with E-state index in [0.29, 0.717) is 15.2 Å². The third kappa shape index (κ3) is 8.88. The number of rotatable bonds is 2. The molecule has 0 amide bonds. The van der Waals surface area contributed by atoms with Crippen LogP contribution >= 0.6 is 70.5 Å². The third-order valence-corrected chi connectivity index (χ3v) is 9.35. The van der Waals surface area contributed by atoms with Gasteiger partial charge in [-0.1, -0.05) is 11.8 Å². The van der Waals surface area contributed by atoms with Gasteiger partial charge in [0.05, 0.1) is 22.9 Å². The minimum atomic E-state index is -0.317. The summed E-state index contributed by atoms with van der Waals surface area (Å²) in [5.74, 6) is 8.44. The summed E-state index contributed by atoms with van der Waals surface area (Å²) in [6.07, 6.45) is 9.95. The fourth-order valence-corrected chi connectivity index (χ4v) is 6.20. The number of terminal acetylenes is 1. The Balaban J connectivity index is 0.000000195. The van der Waals surface area contributed by atoms with E-state index >= 15 is 0 Å². The van der Waals surface area contributed by atoms with E-state index in [9.17, 15) is 9.59 Å². The Morgan fingerprint density at radius 1 is 0.909 bits per heavy atom. The molecule has 2 aromatic rings. The Kier molecular flexibility index (Phi) is 10.3. The van der Waals surface area contributed by atoms with Crippen LogP contribution in [-0.2, 0) is 9.47 Å². The quantitative estimate of drug-likeness (QED) is 0.239. The Bertz CT molecular complexity index is 1120. The van der Waals surface area contributed by atoms with Gasteiger partial charge >= 0.3 is 11.9 Å². The van der Waals surface area contributed by atoms with Crippen LogP contribution in [0.3, 0.4) is 0 Å². The molecule has 0 atom stereocenters. The van der Waals surface area contributed by atoms with E-state index in [0.717, 1.165) is 17.6 Å². The lowest BCUT2D eigenvalue weighted by atomic mass is 10.1. The topological polar surface area (TPSA) is 52.6 Å². The summed E-state index contributed by atoms with van der Waals surface area (Å²) in [5.41, 5.74) is 0.530. The Hall–Kier alpha value is -1.10. The van der Waals surface area contributed by atoms with Gasteiger partial charge in [0.1, 0.15) is 9.75 Å². The minimum Gasteiger partial charge on any atom is -0.465 e. The summed E-state index contributed by atoms with van der Waals surface area (Å²) in [5, 5.41) is 0. The van der Waals surface area contributed by atoms with E-state index in [1.54, 1.807) is 0 Å². The first-order valence-electron chi connectivity index (χ1n) is 9.87. The Morgan fingerprint density at radius 3 is 1.76 bits per heavy atom. The number of carbonyl (C=O) groups excluding carboxylic acids is 2. The van der Waals surface area contributed by atoms with Gasteiger partial charge in [0.2, 0.25) is 0 Å². The van der Waals surface area contributed by atoms with Crippen LogP contribution in [0.4, 0.5) is 0 Å². The van der Waals surface area contributed by atoms with Crippen LogP contribution in [0.15, 0.2) is 24.9 Å². The van der Waals surface area contributed by atoms with Crippen LogP contribution in [-0.4, -0.2) is 26.2 Å².